The van der Waals surface area contributed by atoms with E-state index >= 15 is 0 Å². The van der Waals surface area contributed by atoms with Gasteiger partial charge >= 0.3 is 0 Å². The number of hydrogen-bond donors (Lipinski definition) is 2. The molecule has 2 aromatic heterocycles. The molecule has 0 spiro atoms. The van der Waals surface area contributed by atoms with Gasteiger partial charge in [0.05, 0.1) is 0 Å². The summed E-state index contributed by atoms with van der Waals surface area (Å²) in [6.07, 6.45) is 1.84. The van der Waals surface area contributed by atoms with Crippen LogP contribution in [0.4, 0.5) is 0 Å². The maximum atomic E-state index is 8.83. The Morgan fingerprint density at radius 1 is 1.18 bits per heavy atom. The van der Waals surface area contributed by atoms with E-state index in [1.54, 1.807) is 22.7 Å². The van der Waals surface area contributed by atoms with E-state index < -0.39 is 0 Å². The Bertz CT molecular complexity index is 397. The minimum absolute atomic E-state index is 0.253. The molecule has 2 nitrogen and oxygen atoms in total. The normalized spacial score (nSPS) is 12.8. The Labute approximate surface area is 110 Å². The molecule has 0 saturated carbocycles. The predicted molar refractivity (Wildman–Crippen MR) is 74.8 cm³/mol. The summed E-state index contributed by atoms with van der Waals surface area (Å²) in [4.78, 5) is 2.77. The number of rotatable bonds is 7. The van der Waals surface area contributed by atoms with Crippen LogP contribution in [0.25, 0.3) is 0 Å². The maximum absolute atomic E-state index is 8.83. The number of aliphatic hydroxyl groups excluding tert-OH is 1. The van der Waals surface area contributed by atoms with Gasteiger partial charge in [-0.25, -0.2) is 0 Å². The van der Waals surface area contributed by atoms with Crippen molar-refractivity contribution < 1.29 is 5.11 Å². The van der Waals surface area contributed by atoms with Gasteiger partial charge in [0, 0.05) is 28.8 Å². The first-order chi connectivity index (χ1) is 8.40. The van der Waals surface area contributed by atoms with Crippen LogP contribution >= 0.6 is 22.7 Å². The lowest BCUT2D eigenvalue weighted by Gasteiger charge is -2.16. The molecule has 0 aromatic carbocycles. The summed E-state index contributed by atoms with van der Waals surface area (Å²) in [7, 11) is 0. The topological polar surface area (TPSA) is 32.3 Å². The predicted octanol–water partition coefficient (Wildman–Crippen LogP) is 3.07. The fourth-order valence-corrected chi connectivity index (χ4v) is 3.30. The molecule has 92 valence electrons. The van der Waals surface area contributed by atoms with Crippen LogP contribution < -0.4 is 5.32 Å². The second-order valence-electron chi connectivity index (χ2n) is 3.88. The molecule has 17 heavy (non-hydrogen) atoms. The fraction of sp³-hybridized carbons (Fsp3) is 0.385. The average Bonchev–Trinajstić information content (AvgIpc) is 3.01. The van der Waals surface area contributed by atoms with Crippen molar-refractivity contribution in [2.24, 2.45) is 0 Å². The Balaban J connectivity index is 1.97. The van der Waals surface area contributed by atoms with E-state index in [2.05, 4.69) is 40.3 Å². The number of hydrogen-bond acceptors (Lipinski definition) is 4. The van der Waals surface area contributed by atoms with Crippen LogP contribution in [0, 0.1) is 0 Å². The molecule has 0 aliphatic rings. The molecule has 0 radical (unpaired) electrons. The fourth-order valence-electron chi connectivity index (χ4n) is 1.75. The minimum atomic E-state index is 0.253. The molecule has 2 rings (SSSR count). The lowest BCUT2D eigenvalue weighted by molar-refractivity contribution is 0.283. The highest BCUT2D eigenvalue weighted by atomic mass is 32.1. The number of aliphatic hydroxyl groups is 1. The van der Waals surface area contributed by atoms with Crippen LogP contribution in [0.3, 0.4) is 0 Å². The van der Waals surface area contributed by atoms with Gasteiger partial charge in [0.15, 0.2) is 0 Å². The summed E-state index contributed by atoms with van der Waals surface area (Å²) in [6, 6.07) is 8.92. The van der Waals surface area contributed by atoms with Crippen LogP contribution in [-0.2, 0) is 6.42 Å². The molecule has 0 bridgehead atoms. The zero-order valence-electron chi connectivity index (χ0n) is 9.63. The SMILES string of the molecule is OCCCNC(Cc1cccs1)c1cccs1. The van der Waals surface area contributed by atoms with Crippen molar-refractivity contribution in [3.8, 4) is 0 Å². The van der Waals surface area contributed by atoms with Gasteiger partial charge in [-0.15, -0.1) is 22.7 Å². The van der Waals surface area contributed by atoms with E-state index in [0.717, 1.165) is 19.4 Å². The second kappa shape index (κ2) is 6.91. The van der Waals surface area contributed by atoms with Gasteiger partial charge in [0.1, 0.15) is 0 Å². The molecular formula is C13H17NOS2. The molecule has 1 atom stereocenters. The van der Waals surface area contributed by atoms with E-state index in [-0.39, 0.29) is 6.61 Å². The molecule has 0 aliphatic heterocycles. The molecule has 0 amide bonds. The standard InChI is InChI=1S/C13H17NOS2/c15-7-3-6-14-12(13-5-2-9-17-13)10-11-4-1-8-16-11/h1-2,4-5,8-9,12,14-15H,3,6-7,10H2. The highest BCUT2D eigenvalue weighted by Gasteiger charge is 2.12. The van der Waals surface area contributed by atoms with Gasteiger partial charge in [0.2, 0.25) is 0 Å². The monoisotopic (exact) mass is 267 g/mol. The van der Waals surface area contributed by atoms with Gasteiger partial charge in [-0.1, -0.05) is 12.1 Å². The first-order valence-electron chi connectivity index (χ1n) is 5.80. The third kappa shape index (κ3) is 3.92. The van der Waals surface area contributed by atoms with Crippen molar-refractivity contribution in [1.29, 1.82) is 0 Å². The molecule has 1 unspecified atom stereocenters. The van der Waals surface area contributed by atoms with E-state index in [4.69, 9.17) is 5.11 Å². The smallest absolute Gasteiger partial charge is 0.0463 e. The van der Waals surface area contributed by atoms with Crippen molar-refractivity contribution in [1.82, 2.24) is 5.32 Å². The van der Waals surface area contributed by atoms with Crippen LogP contribution in [0.15, 0.2) is 35.0 Å². The van der Waals surface area contributed by atoms with E-state index in [0.29, 0.717) is 6.04 Å². The third-order valence-corrected chi connectivity index (χ3v) is 4.48. The van der Waals surface area contributed by atoms with E-state index in [1.807, 2.05) is 0 Å². The zero-order chi connectivity index (χ0) is 11.9. The van der Waals surface area contributed by atoms with Crippen LogP contribution in [0.5, 0.6) is 0 Å². The summed E-state index contributed by atoms with van der Waals surface area (Å²) in [5, 5.41) is 16.6. The quantitative estimate of drug-likeness (QED) is 0.756. The maximum Gasteiger partial charge on any atom is 0.0463 e. The lowest BCUT2D eigenvalue weighted by atomic mass is 10.1. The third-order valence-electron chi connectivity index (χ3n) is 2.60. The second-order valence-corrected chi connectivity index (χ2v) is 5.89. The van der Waals surface area contributed by atoms with Crippen LogP contribution in [0.1, 0.15) is 22.2 Å². The van der Waals surface area contributed by atoms with Crippen molar-refractivity contribution in [2.75, 3.05) is 13.2 Å². The van der Waals surface area contributed by atoms with Gasteiger partial charge in [-0.2, -0.15) is 0 Å². The van der Waals surface area contributed by atoms with Gasteiger partial charge in [-0.3, -0.25) is 0 Å². The highest BCUT2D eigenvalue weighted by molar-refractivity contribution is 7.10. The van der Waals surface area contributed by atoms with E-state index in [1.165, 1.54) is 9.75 Å². The molecule has 4 heteroatoms. The molecule has 0 aliphatic carbocycles. The summed E-state index contributed by atoms with van der Waals surface area (Å²) in [5.41, 5.74) is 0. The summed E-state index contributed by atoms with van der Waals surface area (Å²) < 4.78 is 0. The van der Waals surface area contributed by atoms with Crippen molar-refractivity contribution in [3.63, 3.8) is 0 Å². The van der Waals surface area contributed by atoms with E-state index in [9.17, 15) is 0 Å². The van der Waals surface area contributed by atoms with Crippen molar-refractivity contribution >= 4 is 22.7 Å². The van der Waals surface area contributed by atoms with Gasteiger partial charge < -0.3 is 10.4 Å². The van der Waals surface area contributed by atoms with Crippen LogP contribution in [-0.4, -0.2) is 18.3 Å². The molecular weight excluding hydrogens is 250 g/mol. The Morgan fingerprint density at radius 3 is 2.65 bits per heavy atom. The Hall–Kier alpha value is -0.680. The van der Waals surface area contributed by atoms with Gasteiger partial charge in [0.25, 0.3) is 0 Å². The molecule has 0 fully saturated rings. The first kappa shape index (κ1) is 12.8. The molecule has 2 aromatic rings. The summed E-state index contributed by atoms with van der Waals surface area (Å²) in [6.45, 7) is 1.12. The number of thiophene rings is 2. The van der Waals surface area contributed by atoms with Gasteiger partial charge in [-0.05, 0) is 35.9 Å². The molecule has 2 heterocycles. The first-order valence-corrected chi connectivity index (χ1v) is 7.56. The Morgan fingerprint density at radius 2 is 2.00 bits per heavy atom. The highest BCUT2D eigenvalue weighted by Crippen LogP contribution is 2.24. The Kier molecular flexibility index (Phi) is 5.19. The average molecular weight is 267 g/mol. The lowest BCUT2D eigenvalue weighted by Crippen LogP contribution is -2.24. The number of nitrogens with one attached hydrogen (secondary N) is 1. The largest absolute Gasteiger partial charge is 0.396 e. The zero-order valence-corrected chi connectivity index (χ0v) is 11.3. The summed E-state index contributed by atoms with van der Waals surface area (Å²) in [5.74, 6) is 0. The van der Waals surface area contributed by atoms with Crippen molar-refractivity contribution in [3.05, 3.63) is 44.8 Å². The van der Waals surface area contributed by atoms with Crippen molar-refractivity contribution in [2.45, 2.75) is 18.9 Å². The summed E-state index contributed by atoms with van der Waals surface area (Å²) >= 11 is 3.59. The molecule has 0 saturated heterocycles. The van der Waals surface area contributed by atoms with Crippen LogP contribution in [0.2, 0.25) is 0 Å². The molecule has 2 N–H and O–H groups in total. The minimum Gasteiger partial charge on any atom is -0.396 e.